The number of nitrogens with zero attached hydrogens (tertiary/aromatic N) is 2. The average molecular weight is 411 g/mol. The van der Waals surface area contributed by atoms with Crippen molar-refractivity contribution in [3.05, 3.63) is 95.2 Å². The molecule has 0 fully saturated rings. The first-order chi connectivity index (χ1) is 15.2. The van der Waals surface area contributed by atoms with Gasteiger partial charge in [0.05, 0.1) is 6.21 Å². The normalized spacial score (nSPS) is 12.5. The van der Waals surface area contributed by atoms with E-state index in [9.17, 15) is 4.79 Å². The maximum Gasteiger partial charge on any atom is 0.271 e. The first-order valence-electron chi connectivity index (χ1n) is 10.0. The number of nitrogens with one attached hydrogen (secondary N) is 1. The zero-order valence-corrected chi connectivity index (χ0v) is 17.0. The van der Waals surface area contributed by atoms with E-state index in [1.165, 1.54) is 11.1 Å². The van der Waals surface area contributed by atoms with E-state index in [1.54, 1.807) is 24.4 Å². The molecular formula is C25H21N3O3. The molecule has 0 unspecified atom stereocenters. The Morgan fingerprint density at radius 1 is 1.06 bits per heavy atom. The first kappa shape index (κ1) is 18.9. The lowest BCUT2D eigenvalue weighted by atomic mass is 10.1. The Morgan fingerprint density at radius 2 is 1.87 bits per heavy atom. The Bertz CT molecular complexity index is 1310. The van der Waals surface area contributed by atoms with Crippen LogP contribution in [0.4, 0.5) is 0 Å². The average Bonchev–Trinajstić information content (AvgIpc) is 3.40. The van der Waals surface area contributed by atoms with Crippen LogP contribution in [0, 0.1) is 6.92 Å². The third-order valence-corrected chi connectivity index (χ3v) is 5.43. The van der Waals surface area contributed by atoms with Crippen molar-refractivity contribution in [2.45, 2.75) is 13.5 Å². The number of carbonyl (C=O) groups excluding carboxylic acids is 1. The predicted octanol–water partition coefficient (Wildman–Crippen LogP) is 4.49. The first-order valence-corrected chi connectivity index (χ1v) is 10.0. The number of hydrogen-bond donors (Lipinski definition) is 1. The van der Waals surface area contributed by atoms with E-state index in [0.29, 0.717) is 17.1 Å². The largest absolute Gasteiger partial charge is 0.454 e. The molecule has 154 valence electrons. The SMILES string of the molecule is Cc1ccccc1Cn1cc(/C=N\NC(=O)c2ccc3c(c2)OCO3)c2ccccc21. The van der Waals surface area contributed by atoms with Gasteiger partial charge in [-0.05, 0) is 42.3 Å². The number of benzene rings is 3. The van der Waals surface area contributed by atoms with Crippen LogP contribution in [0.1, 0.15) is 27.0 Å². The van der Waals surface area contributed by atoms with Crippen molar-refractivity contribution < 1.29 is 14.3 Å². The minimum atomic E-state index is -0.307. The molecule has 1 aliphatic rings. The van der Waals surface area contributed by atoms with Crippen LogP contribution in [0.5, 0.6) is 11.5 Å². The lowest BCUT2D eigenvalue weighted by molar-refractivity contribution is 0.0954. The second-order valence-corrected chi connectivity index (χ2v) is 7.42. The fourth-order valence-electron chi connectivity index (χ4n) is 3.74. The highest BCUT2D eigenvalue weighted by Crippen LogP contribution is 2.32. The zero-order chi connectivity index (χ0) is 21.2. The Hall–Kier alpha value is -4.06. The summed E-state index contributed by atoms with van der Waals surface area (Å²) < 4.78 is 12.8. The summed E-state index contributed by atoms with van der Waals surface area (Å²) in [7, 11) is 0. The van der Waals surface area contributed by atoms with Gasteiger partial charge in [-0.1, -0.05) is 42.5 Å². The quantitative estimate of drug-likeness (QED) is 0.389. The van der Waals surface area contributed by atoms with Gasteiger partial charge >= 0.3 is 0 Å². The molecule has 2 heterocycles. The topological polar surface area (TPSA) is 64.9 Å². The standard InChI is InChI=1S/C25H21N3O3/c1-17-6-2-3-7-19(17)14-28-15-20(21-8-4-5-9-22(21)28)13-26-27-25(29)18-10-11-23-24(12-18)31-16-30-23/h2-13,15H,14,16H2,1H3,(H,27,29)/b26-13-. The molecule has 3 aromatic carbocycles. The van der Waals surface area contributed by atoms with E-state index in [-0.39, 0.29) is 12.7 Å². The highest BCUT2D eigenvalue weighted by Gasteiger charge is 2.16. The summed E-state index contributed by atoms with van der Waals surface area (Å²) in [4.78, 5) is 12.5. The van der Waals surface area contributed by atoms with Crippen molar-refractivity contribution in [2.24, 2.45) is 5.10 Å². The van der Waals surface area contributed by atoms with E-state index < -0.39 is 0 Å². The summed E-state index contributed by atoms with van der Waals surface area (Å²) in [5, 5.41) is 5.27. The second kappa shape index (κ2) is 7.99. The molecule has 6 nitrogen and oxygen atoms in total. The van der Waals surface area contributed by atoms with Crippen LogP contribution in [-0.4, -0.2) is 23.5 Å². The van der Waals surface area contributed by atoms with Crippen LogP contribution in [-0.2, 0) is 6.54 Å². The molecule has 0 saturated heterocycles. The summed E-state index contributed by atoms with van der Waals surface area (Å²) in [6.45, 7) is 3.06. The van der Waals surface area contributed by atoms with Crippen molar-refractivity contribution in [3.63, 3.8) is 0 Å². The van der Waals surface area contributed by atoms with Crippen molar-refractivity contribution in [2.75, 3.05) is 6.79 Å². The minimum Gasteiger partial charge on any atom is -0.454 e. The van der Waals surface area contributed by atoms with Crippen molar-refractivity contribution in [1.29, 1.82) is 0 Å². The van der Waals surface area contributed by atoms with Gasteiger partial charge in [-0.2, -0.15) is 5.10 Å². The second-order valence-electron chi connectivity index (χ2n) is 7.42. The van der Waals surface area contributed by atoms with Crippen molar-refractivity contribution >= 4 is 23.0 Å². The van der Waals surface area contributed by atoms with Crippen molar-refractivity contribution in [3.8, 4) is 11.5 Å². The number of para-hydroxylation sites is 1. The molecule has 0 radical (unpaired) electrons. The molecular weight excluding hydrogens is 390 g/mol. The van der Waals surface area contributed by atoms with E-state index in [2.05, 4.69) is 58.5 Å². The van der Waals surface area contributed by atoms with Gasteiger partial charge in [0, 0.05) is 34.8 Å². The van der Waals surface area contributed by atoms with E-state index in [4.69, 9.17) is 9.47 Å². The molecule has 0 spiro atoms. The fraction of sp³-hybridized carbons (Fsp3) is 0.120. The molecule has 5 rings (SSSR count). The lowest BCUT2D eigenvalue weighted by Crippen LogP contribution is -2.17. The Kier molecular flexibility index (Phi) is 4.88. The van der Waals surface area contributed by atoms with Crippen LogP contribution < -0.4 is 14.9 Å². The fourth-order valence-corrected chi connectivity index (χ4v) is 3.74. The molecule has 0 aliphatic carbocycles. The van der Waals surface area contributed by atoms with E-state index in [1.807, 2.05) is 18.2 Å². The highest BCUT2D eigenvalue weighted by molar-refractivity contribution is 6.00. The molecule has 0 bridgehead atoms. The third kappa shape index (κ3) is 3.75. The van der Waals surface area contributed by atoms with Gasteiger partial charge < -0.3 is 14.0 Å². The molecule has 1 aliphatic heterocycles. The summed E-state index contributed by atoms with van der Waals surface area (Å²) in [5.74, 6) is 0.899. The van der Waals surface area contributed by atoms with Crippen LogP contribution in [0.15, 0.2) is 78.0 Å². The molecule has 6 heteroatoms. The number of carbonyl (C=O) groups is 1. The highest BCUT2D eigenvalue weighted by atomic mass is 16.7. The van der Waals surface area contributed by atoms with Gasteiger partial charge in [-0.25, -0.2) is 5.43 Å². The van der Waals surface area contributed by atoms with Crippen LogP contribution in [0.25, 0.3) is 10.9 Å². The maximum atomic E-state index is 12.5. The van der Waals surface area contributed by atoms with Crippen LogP contribution in [0.3, 0.4) is 0 Å². The van der Waals surface area contributed by atoms with Gasteiger partial charge in [0.15, 0.2) is 11.5 Å². The van der Waals surface area contributed by atoms with Crippen LogP contribution in [0.2, 0.25) is 0 Å². The monoisotopic (exact) mass is 411 g/mol. The van der Waals surface area contributed by atoms with Gasteiger partial charge in [-0.3, -0.25) is 4.79 Å². The number of hydrogen-bond acceptors (Lipinski definition) is 4. The molecule has 31 heavy (non-hydrogen) atoms. The maximum absolute atomic E-state index is 12.5. The Labute approximate surface area is 179 Å². The summed E-state index contributed by atoms with van der Waals surface area (Å²) in [6.07, 6.45) is 3.74. The van der Waals surface area contributed by atoms with Crippen LogP contribution >= 0.6 is 0 Å². The number of rotatable bonds is 5. The molecule has 1 aromatic heterocycles. The molecule has 0 atom stereocenters. The number of amides is 1. The molecule has 4 aromatic rings. The summed E-state index contributed by atoms with van der Waals surface area (Å²) in [5.41, 5.74) is 7.64. The summed E-state index contributed by atoms with van der Waals surface area (Å²) in [6, 6.07) is 21.6. The smallest absolute Gasteiger partial charge is 0.271 e. The number of fused-ring (bicyclic) bond motifs is 2. The molecule has 1 amide bonds. The third-order valence-electron chi connectivity index (χ3n) is 5.43. The van der Waals surface area contributed by atoms with E-state index in [0.717, 1.165) is 23.0 Å². The van der Waals surface area contributed by atoms with Gasteiger partial charge in [-0.15, -0.1) is 0 Å². The zero-order valence-electron chi connectivity index (χ0n) is 17.0. The molecule has 0 saturated carbocycles. The van der Waals surface area contributed by atoms with Gasteiger partial charge in [0.2, 0.25) is 6.79 Å². The number of aromatic nitrogens is 1. The van der Waals surface area contributed by atoms with Gasteiger partial charge in [0.1, 0.15) is 0 Å². The number of aryl methyl sites for hydroxylation is 1. The predicted molar refractivity (Wildman–Crippen MR) is 120 cm³/mol. The van der Waals surface area contributed by atoms with E-state index >= 15 is 0 Å². The number of hydrazone groups is 1. The Morgan fingerprint density at radius 3 is 2.77 bits per heavy atom. The number of ether oxygens (including phenoxy) is 2. The summed E-state index contributed by atoms with van der Waals surface area (Å²) >= 11 is 0. The minimum absolute atomic E-state index is 0.172. The van der Waals surface area contributed by atoms with Crippen molar-refractivity contribution in [1.82, 2.24) is 9.99 Å². The molecule has 1 N–H and O–H groups in total. The Balaban J connectivity index is 1.37. The van der Waals surface area contributed by atoms with Gasteiger partial charge in [0.25, 0.3) is 5.91 Å². The lowest BCUT2D eigenvalue weighted by Gasteiger charge is -2.08.